The normalized spacial score (nSPS) is 26.2. The van der Waals surface area contributed by atoms with Crippen LogP contribution in [0.2, 0.25) is 0 Å². The van der Waals surface area contributed by atoms with E-state index in [1.54, 1.807) is 45.0 Å². The molecule has 0 saturated carbocycles. The highest BCUT2D eigenvalue weighted by molar-refractivity contribution is 7.89. The third-order valence-corrected chi connectivity index (χ3v) is 7.39. The van der Waals surface area contributed by atoms with Crippen LogP contribution in [-0.2, 0) is 19.6 Å². The van der Waals surface area contributed by atoms with Crippen molar-refractivity contribution in [3.8, 4) is 0 Å². The summed E-state index contributed by atoms with van der Waals surface area (Å²) >= 11 is 0. The Morgan fingerprint density at radius 2 is 1.82 bits per heavy atom. The van der Waals surface area contributed by atoms with Crippen LogP contribution >= 0.6 is 0 Å². The third-order valence-electron chi connectivity index (χ3n) is 5.46. The zero-order valence-electron chi connectivity index (χ0n) is 17.1. The Hall–Kier alpha value is -1.86. The molecule has 154 valence electrons. The van der Waals surface area contributed by atoms with Gasteiger partial charge in [0.2, 0.25) is 10.0 Å². The maximum atomic E-state index is 13.2. The van der Waals surface area contributed by atoms with Gasteiger partial charge in [-0.05, 0) is 58.6 Å². The van der Waals surface area contributed by atoms with Crippen LogP contribution in [0.4, 0.5) is 0 Å². The van der Waals surface area contributed by atoms with Gasteiger partial charge in [0.25, 0.3) is 0 Å². The zero-order chi connectivity index (χ0) is 20.9. The van der Waals surface area contributed by atoms with Gasteiger partial charge in [-0.25, -0.2) is 13.2 Å². The highest BCUT2D eigenvalue weighted by Crippen LogP contribution is 2.44. The number of hydrogen-bond donors (Lipinski definition) is 1. The number of nitrogens with zero attached hydrogens (tertiary/aromatic N) is 1. The van der Waals surface area contributed by atoms with Crippen LogP contribution in [-0.4, -0.2) is 42.0 Å². The molecule has 0 unspecified atom stereocenters. The fraction of sp³-hybridized carbons (Fsp3) is 0.571. The Balaban J connectivity index is 1.90. The first-order chi connectivity index (χ1) is 12.9. The van der Waals surface area contributed by atoms with Crippen molar-refractivity contribution >= 4 is 16.0 Å². The molecule has 3 atom stereocenters. The van der Waals surface area contributed by atoms with E-state index >= 15 is 0 Å². The van der Waals surface area contributed by atoms with Crippen molar-refractivity contribution in [2.24, 2.45) is 11.8 Å². The summed E-state index contributed by atoms with van der Waals surface area (Å²) < 4.78 is 33.2. The van der Waals surface area contributed by atoms with Gasteiger partial charge in [0.15, 0.2) is 0 Å². The Morgan fingerprint density at radius 1 is 1.21 bits per heavy atom. The minimum absolute atomic E-state index is 0.0143. The van der Waals surface area contributed by atoms with Crippen molar-refractivity contribution in [3.05, 3.63) is 41.2 Å². The van der Waals surface area contributed by atoms with Crippen LogP contribution < -0.4 is 0 Å². The summed E-state index contributed by atoms with van der Waals surface area (Å²) in [6, 6.07) is 6.44. The number of esters is 1. The molecule has 6 nitrogen and oxygen atoms in total. The summed E-state index contributed by atoms with van der Waals surface area (Å²) in [5.41, 5.74) is 0.620. The fourth-order valence-corrected chi connectivity index (χ4v) is 5.83. The molecule has 1 heterocycles. The van der Waals surface area contributed by atoms with E-state index in [1.807, 2.05) is 13.8 Å². The second-order valence-corrected chi connectivity index (χ2v) is 10.7. The number of fused-ring (bicyclic) bond motifs is 1. The number of aryl methyl sites for hydroxylation is 1. The number of hydrogen-bond acceptors (Lipinski definition) is 5. The second-order valence-electron chi connectivity index (χ2n) is 8.83. The number of ether oxygens (including phenoxy) is 1. The quantitative estimate of drug-likeness (QED) is 0.775. The molecule has 2 aliphatic rings. The first kappa shape index (κ1) is 20.9. The van der Waals surface area contributed by atoms with E-state index < -0.39 is 21.6 Å². The minimum Gasteiger partial charge on any atom is -0.511 e. The van der Waals surface area contributed by atoms with E-state index in [1.165, 1.54) is 4.31 Å². The molecule has 1 fully saturated rings. The monoisotopic (exact) mass is 407 g/mol. The highest BCUT2D eigenvalue weighted by atomic mass is 32.2. The minimum atomic E-state index is -3.66. The van der Waals surface area contributed by atoms with Gasteiger partial charge in [-0.1, -0.05) is 24.6 Å². The van der Waals surface area contributed by atoms with Crippen LogP contribution in [0, 0.1) is 18.8 Å². The average molecular weight is 408 g/mol. The van der Waals surface area contributed by atoms with E-state index in [-0.39, 0.29) is 34.1 Å². The van der Waals surface area contributed by atoms with Crippen LogP contribution in [0.3, 0.4) is 0 Å². The van der Waals surface area contributed by atoms with Crippen molar-refractivity contribution in [1.82, 2.24) is 4.31 Å². The van der Waals surface area contributed by atoms with Gasteiger partial charge in [-0.15, -0.1) is 0 Å². The molecule has 0 aromatic heterocycles. The van der Waals surface area contributed by atoms with Crippen molar-refractivity contribution in [2.45, 2.75) is 64.0 Å². The smallest absolute Gasteiger partial charge is 0.338 e. The molecule has 0 spiro atoms. The van der Waals surface area contributed by atoms with E-state index in [0.717, 1.165) is 5.56 Å². The fourth-order valence-electron chi connectivity index (χ4n) is 4.14. The molecule has 3 rings (SSSR count). The molecule has 1 N–H and O–H groups in total. The second kappa shape index (κ2) is 7.19. The van der Waals surface area contributed by atoms with Crippen LogP contribution in [0.1, 0.15) is 46.1 Å². The summed E-state index contributed by atoms with van der Waals surface area (Å²) in [5.74, 6) is -1.20. The van der Waals surface area contributed by atoms with Gasteiger partial charge in [-0.3, -0.25) is 0 Å². The number of sulfonamides is 1. The summed E-state index contributed by atoms with van der Waals surface area (Å²) in [6.07, 6.45) is 0.967. The van der Waals surface area contributed by atoms with Gasteiger partial charge in [0.05, 0.1) is 10.5 Å². The molecule has 0 bridgehead atoms. The third kappa shape index (κ3) is 3.82. The van der Waals surface area contributed by atoms with Crippen molar-refractivity contribution in [3.63, 3.8) is 0 Å². The predicted octanol–water partition coefficient (Wildman–Crippen LogP) is 3.57. The van der Waals surface area contributed by atoms with E-state index in [4.69, 9.17) is 4.74 Å². The molecule has 1 aromatic carbocycles. The largest absolute Gasteiger partial charge is 0.511 e. The lowest BCUT2D eigenvalue weighted by atomic mass is 9.79. The summed E-state index contributed by atoms with van der Waals surface area (Å²) in [4.78, 5) is 12.8. The van der Waals surface area contributed by atoms with Gasteiger partial charge >= 0.3 is 5.97 Å². The first-order valence-corrected chi connectivity index (χ1v) is 11.1. The molecule has 7 heteroatoms. The van der Waals surface area contributed by atoms with Gasteiger partial charge in [0.1, 0.15) is 11.4 Å². The lowest BCUT2D eigenvalue weighted by Gasteiger charge is -2.35. The molecule has 1 aromatic rings. The van der Waals surface area contributed by atoms with Gasteiger partial charge in [-0.2, -0.15) is 4.31 Å². The van der Waals surface area contributed by atoms with Crippen LogP contribution in [0.15, 0.2) is 40.5 Å². The van der Waals surface area contributed by atoms with Crippen LogP contribution in [0.5, 0.6) is 0 Å². The molecule has 1 aliphatic heterocycles. The van der Waals surface area contributed by atoms with Crippen molar-refractivity contribution < 1.29 is 23.1 Å². The molecule has 1 saturated heterocycles. The molecule has 0 radical (unpaired) electrons. The topological polar surface area (TPSA) is 83.9 Å². The highest BCUT2D eigenvalue weighted by Gasteiger charge is 2.49. The lowest BCUT2D eigenvalue weighted by molar-refractivity contribution is -0.151. The summed E-state index contributed by atoms with van der Waals surface area (Å²) in [5, 5.41) is 10.8. The molecular formula is C21H29NO5S. The predicted molar refractivity (Wildman–Crippen MR) is 106 cm³/mol. The molecule has 0 amide bonds. The Kier molecular flexibility index (Phi) is 5.36. The van der Waals surface area contributed by atoms with Gasteiger partial charge < -0.3 is 9.84 Å². The number of aliphatic hydroxyl groups is 1. The maximum absolute atomic E-state index is 13.2. The number of rotatable bonds is 3. The number of aliphatic hydroxyl groups excluding tert-OH is 1. The SMILES string of the molecule is Cc1ccc(S(=O)(=O)N2CC[C@H]3C(O)=C(C(=O)OC(C)(C)C)[C@H](C)C[C@H]32)cc1. The summed E-state index contributed by atoms with van der Waals surface area (Å²) in [7, 11) is -3.66. The van der Waals surface area contributed by atoms with Crippen molar-refractivity contribution in [2.75, 3.05) is 6.54 Å². The lowest BCUT2D eigenvalue weighted by Crippen LogP contribution is -2.43. The zero-order valence-corrected chi connectivity index (χ0v) is 17.9. The van der Waals surface area contributed by atoms with Gasteiger partial charge in [0, 0.05) is 18.5 Å². The maximum Gasteiger partial charge on any atom is 0.338 e. The summed E-state index contributed by atoms with van der Waals surface area (Å²) in [6.45, 7) is 9.41. The number of benzene rings is 1. The first-order valence-electron chi connectivity index (χ1n) is 9.66. The average Bonchev–Trinajstić information content (AvgIpc) is 2.98. The van der Waals surface area contributed by atoms with Crippen LogP contribution in [0.25, 0.3) is 0 Å². The van der Waals surface area contributed by atoms with E-state index in [9.17, 15) is 18.3 Å². The molecule has 1 aliphatic carbocycles. The Labute approximate surface area is 167 Å². The molecule has 28 heavy (non-hydrogen) atoms. The number of carbonyl (C=O) groups excluding carboxylic acids is 1. The molecular weight excluding hydrogens is 378 g/mol. The van der Waals surface area contributed by atoms with E-state index in [2.05, 4.69) is 0 Å². The van der Waals surface area contributed by atoms with E-state index in [0.29, 0.717) is 19.4 Å². The standard InChI is InChI=1S/C21H29NO5S/c1-13-6-8-15(9-7-13)28(25,26)22-11-10-16-17(22)12-14(2)18(19(16)23)20(24)27-21(3,4)5/h6-9,14,16-17,23H,10-12H2,1-5H3/t14-,16-,17-/m1/s1. The Bertz CT molecular complexity index is 896. The Morgan fingerprint density at radius 3 is 2.39 bits per heavy atom. The van der Waals surface area contributed by atoms with Crippen molar-refractivity contribution in [1.29, 1.82) is 0 Å². The number of carbonyl (C=O) groups is 1.